The summed E-state index contributed by atoms with van der Waals surface area (Å²) in [6.45, 7) is 1.92. The van der Waals surface area contributed by atoms with Gasteiger partial charge in [0.25, 0.3) is 5.89 Å². The lowest BCUT2D eigenvalue weighted by molar-refractivity contribution is 0.432. The Morgan fingerprint density at radius 1 is 1.08 bits per heavy atom. The first-order chi connectivity index (χ1) is 11.7. The van der Waals surface area contributed by atoms with Crippen LogP contribution in [0.2, 0.25) is 0 Å². The van der Waals surface area contributed by atoms with Crippen molar-refractivity contribution < 1.29 is 4.52 Å². The van der Waals surface area contributed by atoms with Crippen molar-refractivity contribution in [3.05, 3.63) is 54.6 Å². The van der Waals surface area contributed by atoms with E-state index in [4.69, 9.17) is 4.52 Å². The second kappa shape index (κ2) is 5.69. The number of hydrogen-bond acceptors (Lipinski definition) is 6. The third-order valence-electron chi connectivity index (χ3n) is 3.54. The predicted molar refractivity (Wildman–Crippen MR) is 87.7 cm³/mol. The number of aromatic nitrogens is 6. The maximum absolute atomic E-state index is 5.45. The molecule has 4 heterocycles. The quantitative estimate of drug-likeness (QED) is 0.577. The third kappa shape index (κ3) is 2.56. The van der Waals surface area contributed by atoms with Gasteiger partial charge in [-0.15, -0.1) is 0 Å². The SMILES string of the molecule is Cc1cccc(-c2noc(-c3cn(C)nc3-c3cccnc3)n2)n1. The zero-order chi connectivity index (χ0) is 16.5. The number of hydrogen-bond donors (Lipinski definition) is 0. The molecule has 0 spiro atoms. The Hall–Kier alpha value is -3.35. The highest BCUT2D eigenvalue weighted by molar-refractivity contribution is 5.76. The van der Waals surface area contributed by atoms with Gasteiger partial charge in [-0.1, -0.05) is 11.2 Å². The van der Waals surface area contributed by atoms with Crippen LogP contribution in [-0.4, -0.2) is 29.9 Å². The summed E-state index contributed by atoms with van der Waals surface area (Å²) in [6, 6.07) is 9.50. The van der Waals surface area contributed by atoms with Gasteiger partial charge in [0.05, 0.1) is 5.56 Å². The molecule has 24 heavy (non-hydrogen) atoms. The Morgan fingerprint density at radius 2 is 2.00 bits per heavy atom. The lowest BCUT2D eigenvalue weighted by Crippen LogP contribution is -1.88. The van der Waals surface area contributed by atoms with E-state index in [1.807, 2.05) is 50.5 Å². The summed E-state index contributed by atoms with van der Waals surface area (Å²) in [7, 11) is 1.85. The minimum absolute atomic E-state index is 0.403. The number of aryl methyl sites for hydroxylation is 2. The van der Waals surface area contributed by atoms with Gasteiger partial charge < -0.3 is 4.52 Å². The molecule has 7 heteroatoms. The largest absolute Gasteiger partial charge is 0.333 e. The molecule has 4 rings (SSSR count). The number of nitrogens with zero attached hydrogens (tertiary/aromatic N) is 6. The highest BCUT2D eigenvalue weighted by Gasteiger charge is 2.19. The van der Waals surface area contributed by atoms with Crippen LogP contribution in [0.25, 0.3) is 34.2 Å². The van der Waals surface area contributed by atoms with E-state index >= 15 is 0 Å². The van der Waals surface area contributed by atoms with Gasteiger partial charge in [-0.05, 0) is 31.2 Å². The van der Waals surface area contributed by atoms with Crippen LogP contribution < -0.4 is 0 Å². The van der Waals surface area contributed by atoms with Crippen LogP contribution in [0.1, 0.15) is 5.69 Å². The Labute approximate surface area is 138 Å². The van der Waals surface area contributed by atoms with E-state index in [0.717, 1.165) is 22.5 Å². The first-order valence-corrected chi connectivity index (χ1v) is 7.43. The average Bonchev–Trinajstić information content (AvgIpc) is 3.22. The maximum atomic E-state index is 5.45. The van der Waals surface area contributed by atoms with E-state index in [1.165, 1.54) is 0 Å². The third-order valence-corrected chi connectivity index (χ3v) is 3.54. The van der Waals surface area contributed by atoms with E-state index in [0.29, 0.717) is 17.4 Å². The Morgan fingerprint density at radius 3 is 2.79 bits per heavy atom. The van der Waals surface area contributed by atoms with Crippen molar-refractivity contribution in [3.8, 4) is 34.2 Å². The first-order valence-electron chi connectivity index (χ1n) is 7.43. The van der Waals surface area contributed by atoms with Crippen molar-refractivity contribution in [1.29, 1.82) is 0 Å². The van der Waals surface area contributed by atoms with Crippen LogP contribution >= 0.6 is 0 Å². The lowest BCUT2D eigenvalue weighted by Gasteiger charge is -1.97. The van der Waals surface area contributed by atoms with Gasteiger partial charge in [-0.25, -0.2) is 4.98 Å². The van der Waals surface area contributed by atoms with E-state index in [9.17, 15) is 0 Å². The number of rotatable bonds is 3. The molecule has 7 nitrogen and oxygen atoms in total. The second-order valence-electron chi connectivity index (χ2n) is 5.39. The van der Waals surface area contributed by atoms with E-state index < -0.39 is 0 Å². The highest BCUT2D eigenvalue weighted by Crippen LogP contribution is 2.30. The Bertz CT molecular complexity index is 989. The van der Waals surface area contributed by atoms with Gasteiger partial charge in [-0.2, -0.15) is 10.1 Å². The standard InChI is InChI=1S/C17H14N6O/c1-11-5-3-7-14(19-11)16-20-17(24-22-16)13-10-23(2)21-15(13)12-6-4-8-18-9-12/h3-10H,1-2H3. The molecular formula is C17H14N6O. The Balaban J connectivity index is 1.78. The van der Waals surface area contributed by atoms with Crippen molar-refractivity contribution in [2.75, 3.05) is 0 Å². The molecule has 0 unspecified atom stereocenters. The topological polar surface area (TPSA) is 82.5 Å². The Kier molecular flexibility index (Phi) is 3.38. The average molecular weight is 318 g/mol. The van der Waals surface area contributed by atoms with E-state index in [1.54, 1.807) is 17.1 Å². The summed E-state index contributed by atoms with van der Waals surface area (Å²) in [5, 5.41) is 8.53. The summed E-state index contributed by atoms with van der Waals surface area (Å²) in [6.07, 6.45) is 5.33. The fourth-order valence-corrected chi connectivity index (χ4v) is 2.47. The van der Waals surface area contributed by atoms with Crippen molar-refractivity contribution in [3.63, 3.8) is 0 Å². The monoisotopic (exact) mass is 318 g/mol. The molecular weight excluding hydrogens is 304 g/mol. The van der Waals surface area contributed by atoms with Gasteiger partial charge in [0.15, 0.2) is 0 Å². The van der Waals surface area contributed by atoms with E-state index in [2.05, 4.69) is 25.2 Å². The summed E-state index contributed by atoms with van der Waals surface area (Å²) in [4.78, 5) is 13.0. The van der Waals surface area contributed by atoms with Crippen molar-refractivity contribution in [2.45, 2.75) is 6.92 Å². The molecule has 0 saturated carbocycles. The fourth-order valence-electron chi connectivity index (χ4n) is 2.47. The molecule has 0 saturated heterocycles. The minimum atomic E-state index is 0.403. The van der Waals surface area contributed by atoms with Crippen LogP contribution in [0, 0.1) is 6.92 Å². The molecule has 0 bridgehead atoms. The maximum Gasteiger partial charge on any atom is 0.262 e. The molecule has 0 aliphatic heterocycles. The van der Waals surface area contributed by atoms with Gasteiger partial charge >= 0.3 is 0 Å². The van der Waals surface area contributed by atoms with Crippen LogP contribution in [0.15, 0.2) is 53.4 Å². The molecule has 0 aliphatic carbocycles. The molecule has 0 N–H and O–H groups in total. The minimum Gasteiger partial charge on any atom is -0.333 e. The van der Waals surface area contributed by atoms with Crippen LogP contribution in [0.5, 0.6) is 0 Å². The summed E-state index contributed by atoms with van der Waals surface area (Å²) >= 11 is 0. The van der Waals surface area contributed by atoms with Crippen LogP contribution in [0.3, 0.4) is 0 Å². The first kappa shape index (κ1) is 14.3. The lowest BCUT2D eigenvalue weighted by atomic mass is 10.1. The van der Waals surface area contributed by atoms with Gasteiger partial charge in [0, 0.05) is 36.9 Å². The molecule has 0 aromatic carbocycles. The molecule has 4 aromatic rings. The molecule has 0 amide bonds. The van der Waals surface area contributed by atoms with E-state index in [-0.39, 0.29) is 0 Å². The van der Waals surface area contributed by atoms with Crippen LogP contribution in [-0.2, 0) is 7.05 Å². The van der Waals surface area contributed by atoms with Gasteiger partial charge in [-0.3, -0.25) is 9.67 Å². The summed E-state index contributed by atoms with van der Waals surface area (Å²) in [5.41, 5.74) is 3.98. The van der Waals surface area contributed by atoms with Crippen LogP contribution in [0.4, 0.5) is 0 Å². The molecule has 118 valence electrons. The van der Waals surface area contributed by atoms with Gasteiger partial charge in [0.1, 0.15) is 11.4 Å². The molecule has 4 aromatic heterocycles. The molecule has 0 fully saturated rings. The summed E-state index contributed by atoms with van der Waals surface area (Å²) in [5.74, 6) is 0.856. The smallest absolute Gasteiger partial charge is 0.262 e. The zero-order valence-corrected chi connectivity index (χ0v) is 13.2. The normalized spacial score (nSPS) is 10.9. The van der Waals surface area contributed by atoms with Crippen molar-refractivity contribution in [2.24, 2.45) is 7.05 Å². The van der Waals surface area contributed by atoms with Crippen molar-refractivity contribution >= 4 is 0 Å². The molecule has 0 aliphatic rings. The predicted octanol–water partition coefficient (Wildman–Crippen LogP) is 2.90. The van der Waals surface area contributed by atoms with Gasteiger partial charge in [0.2, 0.25) is 5.82 Å². The number of pyridine rings is 2. The second-order valence-corrected chi connectivity index (χ2v) is 5.39. The zero-order valence-electron chi connectivity index (χ0n) is 13.2. The van der Waals surface area contributed by atoms with Crippen molar-refractivity contribution in [1.82, 2.24) is 29.9 Å². The fraction of sp³-hybridized carbons (Fsp3) is 0.118. The summed E-state index contributed by atoms with van der Waals surface area (Å²) < 4.78 is 7.16. The molecule has 0 atom stereocenters. The molecule has 0 radical (unpaired) electrons. The highest BCUT2D eigenvalue weighted by atomic mass is 16.5.